The third-order valence-corrected chi connectivity index (χ3v) is 1.28. The van der Waals surface area contributed by atoms with Gasteiger partial charge in [-0.25, -0.2) is 4.98 Å². The van der Waals surface area contributed by atoms with Crippen LogP contribution in [-0.2, 0) is 0 Å². The highest BCUT2D eigenvalue weighted by Gasteiger charge is 2.06. The van der Waals surface area contributed by atoms with Crippen LogP contribution in [0.4, 0.5) is 5.82 Å². The Kier molecular flexibility index (Phi) is 2.18. The maximum Gasteiger partial charge on any atom is 0.191 e. The van der Waals surface area contributed by atoms with Gasteiger partial charge in [0.1, 0.15) is 12.4 Å². The second kappa shape index (κ2) is 3.12. The van der Waals surface area contributed by atoms with Crippen molar-refractivity contribution in [3.05, 3.63) is 23.9 Å². The summed E-state index contributed by atoms with van der Waals surface area (Å²) in [5.41, 5.74) is 5.63. The molecule has 1 aromatic rings. The van der Waals surface area contributed by atoms with E-state index in [4.69, 9.17) is 10.8 Å². The van der Waals surface area contributed by atoms with E-state index in [9.17, 15) is 4.79 Å². The standard InChI is InChI=1S/C7H8N2O2/c8-7-5(6(11)4-10)2-1-3-9-7/h1-3,10H,4H2,(H2,8,9). The smallest absolute Gasteiger partial charge is 0.191 e. The number of carbonyl (C=O) groups is 1. The van der Waals surface area contributed by atoms with Crippen molar-refractivity contribution in [2.75, 3.05) is 12.3 Å². The minimum absolute atomic E-state index is 0.159. The molecule has 1 heterocycles. The number of ketones is 1. The lowest BCUT2D eigenvalue weighted by molar-refractivity contribution is 0.0904. The molecule has 58 valence electrons. The van der Waals surface area contributed by atoms with E-state index in [2.05, 4.69) is 4.98 Å². The fourth-order valence-corrected chi connectivity index (χ4v) is 0.738. The van der Waals surface area contributed by atoms with E-state index in [0.29, 0.717) is 0 Å². The molecule has 0 aliphatic rings. The number of aliphatic hydroxyl groups excluding tert-OH is 1. The fourth-order valence-electron chi connectivity index (χ4n) is 0.738. The Labute approximate surface area is 63.7 Å². The zero-order valence-electron chi connectivity index (χ0n) is 5.82. The molecule has 0 unspecified atom stereocenters. The number of nitrogen functional groups attached to an aromatic ring is 1. The Morgan fingerprint density at radius 2 is 2.45 bits per heavy atom. The van der Waals surface area contributed by atoms with Crippen molar-refractivity contribution in [3.63, 3.8) is 0 Å². The van der Waals surface area contributed by atoms with Gasteiger partial charge in [-0.05, 0) is 12.1 Å². The molecule has 0 atom stereocenters. The molecule has 0 spiro atoms. The number of Topliss-reactive ketones (excluding diaryl/α,β-unsaturated/α-hetero) is 1. The monoisotopic (exact) mass is 152 g/mol. The van der Waals surface area contributed by atoms with E-state index < -0.39 is 12.4 Å². The van der Waals surface area contributed by atoms with Crippen molar-refractivity contribution in [2.45, 2.75) is 0 Å². The van der Waals surface area contributed by atoms with Crippen molar-refractivity contribution in [1.82, 2.24) is 4.98 Å². The Morgan fingerprint density at radius 1 is 1.73 bits per heavy atom. The number of aliphatic hydroxyl groups is 1. The first-order chi connectivity index (χ1) is 5.25. The quantitative estimate of drug-likeness (QED) is 0.577. The Balaban J connectivity index is 3.03. The first-order valence-corrected chi connectivity index (χ1v) is 3.10. The van der Waals surface area contributed by atoms with E-state index in [1.807, 2.05) is 0 Å². The molecule has 3 N–H and O–H groups in total. The molecular formula is C7H8N2O2. The van der Waals surface area contributed by atoms with Crippen molar-refractivity contribution in [3.8, 4) is 0 Å². The summed E-state index contributed by atoms with van der Waals surface area (Å²) in [6.07, 6.45) is 1.49. The minimum atomic E-state index is -0.532. The van der Waals surface area contributed by atoms with Crippen molar-refractivity contribution >= 4 is 11.6 Å². The summed E-state index contributed by atoms with van der Waals surface area (Å²) < 4.78 is 0. The summed E-state index contributed by atoms with van der Waals surface area (Å²) >= 11 is 0. The van der Waals surface area contributed by atoms with Gasteiger partial charge in [0.15, 0.2) is 5.78 Å². The van der Waals surface area contributed by atoms with Crippen LogP contribution in [0.3, 0.4) is 0 Å². The lowest BCUT2D eigenvalue weighted by Crippen LogP contribution is -2.08. The van der Waals surface area contributed by atoms with Crippen LogP contribution in [0.2, 0.25) is 0 Å². The molecule has 0 aliphatic carbocycles. The summed E-state index contributed by atoms with van der Waals surface area (Å²) in [6.45, 7) is -0.532. The highest BCUT2D eigenvalue weighted by molar-refractivity contribution is 6.00. The number of rotatable bonds is 2. The largest absolute Gasteiger partial charge is 0.388 e. The van der Waals surface area contributed by atoms with Gasteiger partial charge in [-0.1, -0.05) is 0 Å². The summed E-state index contributed by atoms with van der Waals surface area (Å²) in [6, 6.07) is 3.13. The van der Waals surface area contributed by atoms with Gasteiger partial charge in [-0.15, -0.1) is 0 Å². The molecule has 1 rings (SSSR count). The molecule has 0 aromatic carbocycles. The van der Waals surface area contributed by atoms with Crippen LogP contribution in [0.25, 0.3) is 0 Å². The maximum absolute atomic E-state index is 10.9. The zero-order chi connectivity index (χ0) is 8.27. The molecule has 4 heteroatoms. The SMILES string of the molecule is Nc1ncccc1C(=O)CO. The third-order valence-electron chi connectivity index (χ3n) is 1.28. The number of nitrogens with zero attached hydrogens (tertiary/aromatic N) is 1. The van der Waals surface area contributed by atoms with Gasteiger partial charge < -0.3 is 10.8 Å². The molecule has 0 radical (unpaired) electrons. The van der Waals surface area contributed by atoms with Gasteiger partial charge >= 0.3 is 0 Å². The Hall–Kier alpha value is -1.42. The molecule has 0 aliphatic heterocycles. The second-order valence-corrected chi connectivity index (χ2v) is 2.02. The molecule has 0 bridgehead atoms. The van der Waals surface area contributed by atoms with E-state index in [1.165, 1.54) is 12.3 Å². The van der Waals surface area contributed by atoms with E-state index in [0.717, 1.165) is 0 Å². The molecule has 11 heavy (non-hydrogen) atoms. The van der Waals surface area contributed by atoms with Gasteiger partial charge in [0.2, 0.25) is 0 Å². The van der Waals surface area contributed by atoms with E-state index in [1.54, 1.807) is 6.07 Å². The van der Waals surface area contributed by atoms with Gasteiger partial charge in [0, 0.05) is 6.20 Å². The summed E-state index contributed by atoms with van der Waals surface area (Å²) in [7, 11) is 0. The number of aromatic nitrogens is 1. The predicted molar refractivity (Wildman–Crippen MR) is 40.1 cm³/mol. The third kappa shape index (κ3) is 1.53. The lowest BCUT2D eigenvalue weighted by Gasteiger charge is -1.98. The normalized spacial score (nSPS) is 9.55. The van der Waals surface area contributed by atoms with Crippen molar-refractivity contribution in [2.24, 2.45) is 0 Å². The van der Waals surface area contributed by atoms with Crippen LogP contribution in [0.1, 0.15) is 10.4 Å². The first kappa shape index (κ1) is 7.68. The molecule has 0 fully saturated rings. The lowest BCUT2D eigenvalue weighted by atomic mass is 10.2. The first-order valence-electron chi connectivity index (χ1n) is 3.10. The molecule has 0 amide bonds. The maximum atomic E-state index is 10.9. The Bertz CT molecular complexity index is 273. The number of anilines is 1. The predicted octanol–water partition coefficient (Wildman–Crippen LogP) is -0.161. The number of hydrogen-bond acceptors (Lipinski definition) is 4. The average Bonchev–Trinajstić information content (AvgIpc) is 2.04. The van der Waals surface area contributed by atoms with Crippen LogP contribution >= 0.6 is 0 Å². The van der Waals surface area contributed by atoms with Gasteiger partial charge in [0.05, 0.1) is 5.56 Å². The van der Waals surface area contributed by atoms with Crippen molar-refractivity contribution < 1.29 is 9.90 Å². The number of hydrogen-bond donors (Lipinski definition) is 2. The molecule has 4 nitrogen and oxygen atoms in total. The van der Waals surface area contributed by atoms with Crippen LogP contribution in [0.15, 0.2) is 18.3 Å². The van der Waals surface area contributed by atoms with Crippen LogP contribution in [-0.4, -0.2) is 22.5 Å². The summed E-state index contributed by atoms with van der Waals surface area (Å²) in [5, 5.41) is 8.48. The van der Waals surface area contributed by atoms with Crippen molar-refractivity contribution in [1.29, 1.82) is 0 Å². The summed E-state index contributed by atoms with van der Waals surface area (Å²) in [4.78, 5) is 14.6. The topological polar surface area (TPSA) is 76.2 Å². The van der Waals surface area contributed by atoms with E-state index >= 15 is 0 Å². The zero-order valence-corrected chi connectivity index (χ0v) is 5.82. The highest BCUT2D eigenvalue weighted by Crippen LogP contribution is 2.06. The van der Waals surface area contributed by atoms with Crippen LogP contribution in [0.5, 0.6) is 0 Å². The number of nitrogens with two attached hydrogens (primary N) is 1. The average molecular weight is 152 g/mol. The summed E-state index contributed by atoms with van der Waals surface area (Å²) in [5.74, 6) is -0.248. The second-order valence-electron chi connectivity index (χ2n) is 2.02. The van der Waals surface area contributed by atoms with Gasteiger partial charge in [-0.2, -0.15) is 0 Å². The fraction of sp³-hybridized carbons (Fsp3) is 0.143. The molecule has 1 aromatic heterocycles. The number of carbonyl (C=O) groups excluding carboxylic acids is 1. The minimum Gasteiger partial charge on any atom is -0.388 e. The molecular weight excluding hydrogens is 144 g/mol. The highest BCUT2D eigenvalue weighted by atomic mass is 16.3. The Morgan fingerprint density at radius 3 is 3.00 bits per heavy atom. The van der Waals surface area contributed by atoms with Crippen LogP contribution < -0.4 is 5.73 Å². The molecule has 0 saturated carbocycles. The van der Waals surface area contributed by atoms with Gasteiger partial charge in [0.25, 0.3) is 0 Å². The number of pyridine rings is 1. The molecule has 0 saturated heterocycles. The van der Waals surface area contributed by atoms with E-state index in [-0.39, 0.29) is 11.4 Å². The van der Waals surface area contributed by atoms with Gasteiger partial charge in [-0.3, -0.25) is 4.79 Å². The van der Waals surface area contributed by atoms with Crippen LogP contribution in [0, 0.1) is 0 Å².